The van der Waals surface area contributed by atoms with Gasteiger partial charge in [0, 0.05) is 13.6 Å². The van der Waals surface area contributed by atoms with Gasteiger partial charge in [-0.05, 0) is 12.5 Å². The van der Waals surface area contributed by atoms with Crippen molar-refractivity contribution in [2.75, 3.05) is 20.1 Å². The van der Waals surface area contributed by atoms with E-state index in [1.165, 1.54) is 0 Å². The maximum Gasteiger partial charge on any atom is 0.242 e. The van der Waals surface area contributed by atoms with Gasteiger partial charge in [-0.2, -0.15) is 0 Å². The molecule has 0 atom stereocenters. The largest absolute Gasteiger partial charge is 0.346 e. The standard InChI is InChI=1S/C13H19N3O2/c1-10-4-3-5-11(6-10)9-16(2)13(18)8-15-12(17)7-14/h3-6H,7-9,14H2,1-2H3,(H,15,17). The fraction of sp³-hybridized carbons (Fsp3) is 0.385. The topological polar surface area (TPSA) is 75.4 Å². The van der Waals surface area contributed by atoms with Gasteiger partial charge >= 0.3 is 0 Å². The van der Waals surface area contributed by atoms with E-state index in [2.05, 4.69) is 5.32 Å². The molecule has 0 aliphatic carbocycles. The highest BCUT2D eigenvalue weighted by atomic mass is 16.2. The molecule has 0 fully saturated rings. The van der Waals surface area contributed by atoms with E-state index in [9.17, 15) is 9.59 Å². The summed E-state index contributed by atoms with van der Waals surface area (Å²) in [6, 6.07) is 7.96. The van der Waals surface area contributed by atoms with Crippen molar-refractivity contribution in [3.8, 4) is 0 Å². The quantitative estimate of drug-likeness (QED) is 0.773. The van der Waals surface area contributed by atoms with Crippen molar-refractivity contribution in [3.05, 3.63) is 35.4 Å². The van der Waals surface area contributed by atoms with Gasteiger partial charge in [0.1, 0.15) is 0 Å². The number of nitrogens with zero attached hydrogens (tertiary/aromatic N) is 1. The van der Waals surface area contributed by atoms with Crippen molar-refractivity contribution in [3.63, 3.8) is 0 Å². The van der Waals surface area contributed by atoms with Crippen LogP contribution in [-0.2, 0) is 16.1 Å². The molecule has 2 amide bonds. The predicted octanol–water partition coefficient (Wildman–Crippen LogP) is 0.0283. The number of aryl methyl sites for hydroxylation is 1. The molecular weight excluding hydrogens is 230 g/mol. The van der Waals surface area contributed by atoms with Crippen molar-refractivity contribution in [2.24, 2.45) is 5.73 Å². The lowest BCUT2D eigenvalue weighted by molar-refractivity contribution is -0.131. The highest BCUT2D eigenvalue weighted by molar-refractivity contribution is 5.85. The number of amides is 2. The lowest BCUT2D eigenvalue weighted by Gasteiger charge is -2.17. The zero-order valence-electron chi connectivity index (χ0n) is 10.8. The molecular formula is C13H19N3O2. The third-order valence-electron chi connectivity index (χ3n) is 2.55. The molecule has 0 aliphatic heterocycles. The maximum atomic E-state index is 11.7. The number of nitrogens with one attached hydrogen (secondary N) is 1. The van der Waals surface area contributed by atoms with Crippen LogP contribution in [0.2, 0.25) is 0 Å². The molecule has 0 saturated carbocycles. The summed E-state index contributed by atoms with van der Waals surface area (Å²) in [5, 5.41) is 2.46. The molecule has 0 bridgehead atoms. The first-order chi connectivity index (χ1) is 8.52. The first kappa shape index (κ1) is 14.2. The van der Waals surface area contributed by atoms with Gasteiger partial charge in [-0.15, -0.1) is 0 Å². The molecule has 0 aromatic heterocycles. The number of hydrogen-bond donors (Lipinski definition) is 2. The Labute approximate surface area is 107 Å². The normalized spacial score (nSPS) is 9.94. The Bertz CT molecular complexity index is 432. The Kier molecular flexibility index (Phi) is 5.32. The molecule has 1 rings (SSSR count). The van der Waals surface area contributed by atoms with Gasteiger partial charge in [-0.1, -0.05) is 29.8 Å². The fourth-order valence-corrected chi connectivity index (χ4v) is 1.55. The van der Waals surface area contributed by atoms with Crippen molar-refractivity contribution < 1.29 is 9.59 Å². The van der Waals surface area contributed by atoms with Crippen LogP contribution < -0.4 is 11.1 Å². The zero-order chi connectivity index (χ0) is 13.5. The molecule has 98 valence electrons. The van der Waals surface area contributed by atoms with E-state index in [4.69, 9.17) is 5.73 Å². The van der Waals surface area contributed by atoms with Crippen LogP contribution in [0.5, 0.6) is 0 Å². The Balaban J connectivity index is 2.47. The lowest BCUT2D eigenvalue weighted by Crippen LogP contribution is -2.40. The summed E-state index contributed by atoms with van der Waals surface area (Å²) in [6.45, 7) is 2.42. The van der Waals surface area contributed by atoms with Gasteiger partial charge in [-0.25, -0.2) is 0 Å². The maximum absolute atomic E-state index is 11.7. The number of benzene rings is 1. The van der Waals surface area contributed by atoms with E-state index in [0.29, 0.717) is 6.54 Å². The summed E-state index contributed by atoms with van der Waals surface area (Å²) in [5.74, 6) is -0.467. The third kappa shape index (κ3) is 4.55. The second-order valence-electron chi connectivity index (χ2n) is 4.22. The molecule has 0 unspecified atom stereocenters. The SMILES string of the molecule is Cc1cccc(CN(C)C(=O)CNC(=O)CN)c1. The zero-order valence-corrected chi connectivity index (χ0v) is 10.8. The Morgan fingerprint density at radius 3 is 2.72 bits per heavy atom. The average molecular weight is 249 g/mol. The van der Waals surface area contributed by atoms with E-state index in [1.807, 2.05) is 31.2 Å². The van der Waals surface area contributed by atoms with Gasteiger partial charge in [0.15, 0.2) is 0 Å². The molecule has 5 nitrogen and oxygen atoms in total. The fourth-order valence-electron chi connectivity index (χ4n) is 1.55. The molecule has 0 saturated heterocycles. The molecule has 5 heteroatoms. The smallest absolute Gasteiger partial charge is 0.242 e. The Hall–Kier alpha value is -1.88. The number of carbonyl (C=O) groups excluding carboxylic acids is 2. The lowest BCUT2D eigenvalue weighted by atomic mass is 10.1. The molecule has 1 aromatic rings. The van der Waals surface area contributed by atoms with Gasteiger partial charge in [0.25, 0.3) is 0 Å². The minimum absolute atomic E-state index is 0.0155. The molecule has 0 spiro atoms. The van der Waals surface area contributed by atoms with Crippen molar-refractivity contribution >= 4 is 11.8 Å². The number of carbonyl (C=O) groups is 2. The summed E-state index contributed by atoms with van der Waals surface area (Å²) in [7, 11) is 1.71. The van der Waals surface area contributed by atoms with Crippen molar-refractivity contribution in [2.45, 2.75) is 13.5 Å². The van der Waals surface area contributed by atoms with Gasteiger partial charge in [-0.3, -0.25) is 9.59 Å². The minimum atomic E-state index is -0.327. The first-order valence-corrected chi connectivity index (χ1v) is 5.79. The summed E-state index contributed by atoms with van der Waals surface area (Å²) in [4.78, 5) is 24.2. The Morgan fingerprint density at radius 2 is 2.11 bits per heavy atom. The average Bonchev–Trinajstić information content (AvgIpc) is 2.35. The van der Waals surface area contributed by atoms with E-state index in [0.717, 1.165) is 11.1 Å². The highest BCUT2D eigenvalue weighted by Gasteiger charge is 2.10. The van der Waals surface area contributed by atoms with E-state index < -0.39 is 0 Å². The van der Waals surface area contributed by atoms with Gasteiger partial charge in [0.2, 0.25) is 11.8 Å². The van der Waals surface area contributed by atoms with Crippen LogP contribution in [0.1, 0.15) is 11.1 Å². The molecule has 0 heterocycles. The minimum Gasteiger partial charge on any atom is -0.346 e. The van der Waals surface area contributed by atoms with Gasteiger partial charge < -0.3 is 16.0 Å². The van der Waals surface area contributed by atoms with Crippen LogP contribution in [-0.4, -0.2) is 36.9 Å². The predicted molar refractivity (Wildman–Crippen MR) is 69.7 cm³/mol. The van der Waals surface area contributed by atoms with Crippen LogP contribution in [0.15, 0.2) is 24.3 Å². The number of rotatable bonds is 5. The van der Waals surface area contributed by atoms with Crippen LogP contribution in [0, 0.1) is 6.92 Å². The van der Waals surface area contributed by atoms with E-state index in [1.54, 1.807) is 11.9 Å². The molecule has 18 heavy (non-hydrogen) atoms. The van der Waals surface area contributed by atoms with Crippen LogP contribution >= 0.6 is 0 Å². The van der Waals surface area contributed by atoms with Crippen molar-refractivity contribution in [1.29, 1.82) is 0 Å². The second-order valence-corrected chi connectivity index (χ2v) is 4.22. The van der Waals surface area contributed by atoms with Crippen molar-refractivity contribution in [1.82, 2.24) is 10.2 Å². The Morgan fingerprint density at radius 1 is 1.39 bits per heavy atom. The molecule has 1 aromatic carbocycles. The van der Waals surface area contributed by atoms with Gasteiger partial charge in [0.05, 0.1) is 13.1 Å². The van der Waals surface area contributed by atoms with Crippen LogP contribution in [0.25, 0.3) is 0 Å². The molecule has 0 radical (unpaired) electrons. The number of nitrogens with two attached hydrogens (primary N) is 1. The highest BCUT2D eigenvalue weighted by Crippen LogP contribution is 2.06. The van der Waals surface area contributed by atoms with E-state index in [-0.39, 0.29) is 24.9 Å². The van der Waals surface area contributed by atoms with E-state index >= 15 is 0 Å². The summed E-state index contributed by atoms with van der Waals surface area (Å²) in [5.41, 5.74) is 7.36. The summed E-state index contributed by atoms with van der Waals surface area (Å²) >= 11 is 0. The first-order valence-electron chi connectivity index (χ1n) is 5.79. The summed E-state index contributed by atoms with van der Waals surface area (Å²) in [6.07, 6.45) is 0. The van der Waals surface area contributed by atoms with Crippen LogP contribution in [0.3, 0.4) is 0 Å². The molecule has 0 aliphatic rings. The monoisotopic (exact) mass is 249 g/mol. The number of likely N-dealkylation sites (N-methyl/N-ethyl adjacent to an activating group) is 1. The summed E-state index contributed by atoms with van der Waals surface area (Å²) < 4.78 is 0. The second kappa shape index (κ2) is 6.76. The third-order valence-corrected chi connectivity index (χ3v) is 2.55. The number of hydrogen-bond acceptors (Lipinski definition) is 3. The molecule has 3 N–H and O–H groups in total. The van der Waals surface area contributed by atoms with Crippen LogP contribution in [0.4, 0.5) is 0 Å².